The number of hydrogen-bond donors (Lipinski definition) is 1. The van der Waals surface area contributed by atoms with Crippen LogP contribution in [0.5, 0.6) is 0 Å². The molecule has 106 valence electrons. The van der Waals surface area contributed by atoms with Gasteiger partial charge >= 0.3 is 0 Å². The molecule has 19 heavy (non-hydrogen) atoms. The van der Waals surface area contributed by atoms with Crippen LogP contribution in [0.1, 0.15) is 29.2 Å². The van der Waals surface area contributed by atoms with Gasteiger partial charge in [-0.3, -0.25) is 0 Å². The summed E-state index contributed by atoms with van der Waals surface area (Å²) in [5.74, 6) is 0.568. The van der Waals surface area contributed by atoms with Crippen molar-refractivity contribution in [3.63, 3.8) is 0 Å². The molecular weight excluding hydrogens is 238 g/mol. The largest absolute Gasteiger partial charge is 0.383 e. The second-order valence-corrected chi connectivity index (χ2v) is 5.38. The lowest BCUT2D eigenvalue weighted by Gasteiger charge is -2.20. The predicted molar refractivity (Wildman–Crippen MR) is 77.5 cm³/mol. The molecule has 0 aliphatic carbocycles. The van der Waals surface area contributed by atoms with Crippen molar-refractivity contribution in [2.75, 3.05) is 33.4 Å². The van der Waals surface area contributed by atoms with Gasteiger partial charge in [-0.25, -0.2) is 0 Å². The minimum atomic E-state index is 0.245. The molecule has 2 unspecified atom stereocenters. The minimum absolute atomic E-state index is 0.245. The molecule has 1 aromatic carbocycles. The van der Waals surface area contributed by atoms with Crippen molar-refractivity contribution in [2.45, 2.75) is 26.4 Å². The molecule has 2 rings (SSSR count). The van der Waals surface area contributed by atoms with Gasteiger partial charge in [-0.05, 0) is 37.0 Å². The van der Waals surface area contributed by atoms with Crippen LogP contribution in [0.25, 0.3) is 0 Å². The van der Waals surface area contributed by atoms with Crippen molar-refractivity contribution >= 4 is 0 Å². The highest BCUT2D eigenvalue weighted by atomic mass is 16.5. The van der Waals surface area contributed by atoms with Gasteiger partial charge in [0, 0.05) is 32.7 Å². The lowest BCUT2D eigenvalue weighted by atomic mass is 9.93. The summed E-state index contributed by atoms with van der Waals surface area (Å²) in [6.45, 7) is 7.86. The molecule has 0 spiro atoms. The third-order valence-corrected chi connectivity index (χ3v) is 3.96. The number of nitrogens with one attached hydrogen (secondary N) is 1. The highest BCUT2D eigenvalue weighted by molar-refractivity contribution is 5.31. The molecule has 1 aromatic rings. The summed E-state index contributed by atoms with van der Waals surface area (Å²) in [6.07, 6.45) is 1.38. The highest BCUT2D eigenvalue weighted by Gasteiger charge is 2.29. The highest BCUT2D eigenvalue weighted by Crippen LogP contribution is 2.34. The summed E-state index contributed by atoms with van der Waals surface area (Å²) >= 11 is 0. The van der Waals surface area contributed by atoms with Crippen molar-refractivity contribution in [1.82, 2.24) is 5.32 Å². The summed E-state index contributed by atoms with van der Waals surface area (Å²) in [4.78, 5) is 0. The summed E-state index contributed by atoms with van der Waals surface area (Å²) in [6, 6.07) is 6.68. The maximum absolute atomic E-state index is 5.93. The van der Waals surface area contributed by atoms with E-state index in [0.29, 0.717) is 5.92 Å². The van der Waals surface area contributed by atoms with E-state index in [1.54, 1.807) is 7.11 Å². The lowest BCUT2D eigenvalue weighted by Crippen LogP contribution is -2.27. The smallest absolute Gasteiger partial charge is 0.0866 e. The van der Waals surface area contributed by atoms with E-state index in [1.807, 2.05) is 0 Å². The van der Waals surface area contributed by atoms with Crippen molar-refractivity contribution < 1.29 is 9.47 Å². The molecule has 0 aromatic heterocycles. The van der Waals surface area contributed by atoms with Crippen LogP contribution in [-0.4, -0.2) is 33.4 Å². The summed E-state index contributed by atoms with van der Waals surface area (Å²) < 4.78 is 11.0. The van der Waals surface area contributed by atoms with Crippen LogP contribution < -0.4 is 5.32 Å². The lowest BCUT2D eigenvalue weighted by molar-refractivity contribution is 0.0898. The van der Waals surface area contributed by atoms with E-state index < -0.39 is 0 Å². The Balaban J connectivity index is 1.95. The summed E-state index contributed by atoms with van der Waals surface area (Å²) in [5, 5.41) is 3.45. The number of hydrogen-bond acceptors (Lipinski definition) is 3. The molecule has 1 N–H and O–H groups in total. The zero-order valence-electron chi connectivity index (χ0n) is 12.2. The maximum Gasteiger partial charge on any atom is 0.0866 e. The van der Waals surface area contributed by atoms with Gasteiger partial charge in [0.25, 0.3) is 0 Å². The van der Waals surface area contributed by atoms with Crippen molar-refractivity contribution in [2.24, 2.45) is 5.92 Å². The molecule has 1 fully saturated rings. The first-order valence-corrected chi connectivity index (χ1v) is 7.10. The Bertz CT molecular complexity index is 406. The van der Waals surface area contributed by atoms with Gasteiger partial charge in [-0.15, -0.1) is 0 Å². The predicted octanol–water partition coefficient (Wildman–Crippen LogP) is 2.62. The molecule has 2 atom stereocenters. The van der Waals surface area contributed by atoms with Gasteiger partial charge in [-0.2, -0.15) is 0 Å². The molecule has 1 aliphatic heterocycles. The van der Waals surface area contributed by atoms with Crippen LogP contribution in [0.15, 0.2) is 18.2 Å². The first-order chi connectivity index (χ1) is 9.22. The molecule has 0 saturated carbocycles. The molecular formula is C16H25NO2. The molecule has 3 nitrogen and oxygen atoms in total. The number of ether oxygens (including phenoxy) is 2. The van der Waals surface area contributed by atoms with Crippen molar-refractivity contribution in [3.8, 4) is 0 Å². The molecule has 0 bridgehead atoms. The summed E-state index contributed by atoms with van der Waals surface area (Å²) in [5.41, 5.74) is 4.01. The zero-order chi connectivity index (χ0) is 13.7. The van der Waals surface area contributed by atoms with Crippen LogP contribution >= 0.6 is 0 Å². The van der Waals surface area contributed by atoms with Crippen molar-refractivity contribution in [3.05, 3.63) is 34.9 Å². The van der Waals surface area contributed by atoms with Gasteiger partial charge in [-0.1, -0.05) is 18.2 Å². The van der Waals surface area contributed by atoms with E-state index in [1.165, 1.54) is 16.7 Å². The average Bonchev–Trinajstić information content (AvgIpc) is 2.86. The van der Waals surface area contributed by atoms with Crippen LogP contribution in [0.3, 0.4) is 0 Å². The van der Waals surface area contributed by atoms with Crippen LogP contribution in [0, 0.1) is 19.8 Å². The Hall–Kier alpha value is -0.900. The molecule has 1 heterocycles. The van der Waals surface area contributed by atoms with Gasteiger partial charge in [0.2, 0.25) is 0 Å². The Morgan fingerprint density at radius 3 is 2.89 bits per heavy atom. The zero-order valence-corrected chi connectivity index (χ0v) is 12.2. The Morgan fingerprint density at radius 1 is 1.32 bits per heavy atom. The van der Waals surface area contributed by atoms with Crippen LogP contribution in [0.2, 0.25) is 0 Å². The van der Waals surface area contributed by atoms with E-state index in [2.05, 4.69) is 37.4 Å². The number of aryl methyl sites for hydroxylation is 2. The molecule has 0 amide bonds. The molecule has 3 heteroatoms. The normalized spacial score (nSPS) is 22.9. The first-order valence-electron chi connectivity index (χ1n) is 7.10. The SMILES string of the molecule is COCCNCC1CCOC1c1ccc(C)c(C)c1. The van der Waals surface area contributed by atoms with Crippen LogP contribution in [0.4, 0.5) is 0 Å². The van der Waals surface area contributed by atoms with E-state index in [-0.39, 0.29) is 6.10 Å². The molecule has 1 saturated heterocycles. The van der Waals surface area contributed by atoms with Crippen LogP contribution in [-0.2, 0) is 9.47 Å². The molecule has 0 radical (unpaired) electrons. The molecule has 1 aliphatic rings. The first kappa shape index (κ1) is 14.5. The standard InChI is InChI=1S/C16H25NO2/c1-12-4-5-14(10-13(12)2)16-15(6-8-19-16)11-17-7-9-18-3/h4-5,10,15-17H,6-9,11H2,1-3H3. The fourth-order valence-electron chi connectivity index (χ4n) is 2.61. The third-order valence-electron chi connectivity index (χ3n) is 3.96. The maximum atomic E-state index is 5.93. The Kier molecular flexibility index (Phi) is 5.37. The fourth-order valence-corrected chi connectivity index (χ4v) is 2.61. The Morgan fingerprint density at radius 2 is 2.16 bits per heavy atom. The number of methoxy groups -OCH3 is 1. The van der Waals surface area contributed by atoms with E-state index in [4.69, 9.17) is 9.47 Å². The minimum Gasteiger partial charge on any atom is -0.383 e. The second-order valence-electron chi connectivity index (χ2n) is 5.38. The van der Waals surface area contributed by atoms with Gasteiger partial charge in [0.15, 0.2) is 0 Å². The monoisotopic (exact) mass is 263 g/mol. The van der Waals surface area contributed by atoms with Gasteiger partial charge in [0.1, 0.15) is 0 Å². The quantitative estimate of drug-likeness (QED) is 0.800. The topological polar surface area (TPSA) is 30.5 Å². The fraction of sp³-hybridized carbons (Fsp3) is 0.625. The number of rotatable bonds is 6. The summed E-state index contributed by atoms with van der Waals surface area (Å²) in [7, 11) is 1.73. The second kappa shape index (κ2) is 7.04. The third kappa shape index (κ3) is 3.78. The van der Waals surface area contributed by atoms with Gasteiger partial charge < -0.3 is 14.8 Å². The van der Waals surface area contributed by atoms with E-state index >= 15 is 0 Å². The van der Waals surface area contributed by atoms with E-state index in [0.717, 1.165) is 32.7 Å². The van der Waals surface area contributed by atoms with Crippen molar-refractivity contribution in [1.29, 1.82) is 0 Å². The van der Waals surface area contributed by atoms with Gasteiger partial charge in [0.05, 0.1) is 12.7 Å². The Labute approximate surface area is 116 Å². The average molecular weight is 263 g/mol. The van der Waals surface area contributed by atoms with E-state index in [9.17, 15) is 0 Å². The number of benzene rings is 1.